The first kappa shape index (κ1) is 20.0. The number of nitrogens with zero attached hydrogens (tertiary/aromatic N) is 4. The van der Waals surface area contributed by atoms with Gasteiger partial charge in [-0.15, -0.1) is 10.2 Å². The Balaban J connectivity index is 2.29. The normalized spacial score (nSPS) is 11.1. The molecule has 0 saturated carbocycles. The Kier molecular flexibility index (Phi) is 7.65. The molecule has 1 heterocycles. The number of ether oxygens (including phenoxy) is 2. The summed E-state index contributed by atoms with van der Waals surface area (Å²) in [5.74, 6) is 1.37. The van der Waals surface area contributed by atoms with Crippen LogP contribution in [-0.4, -0.2) is 40.6 Å². The maximum absolute atomic E-state index is 12.2. The molecule has 0 aliphatic carbocycles. The van der Waals surface area contributed by atoms with Crippen molar-refractivity contribution < 1.29 is 9.47 Å². The lowest BCUT2D eigenvalue weighted by atomic mass is 10.2. The van der Waals surface area contributed by atoms with E-state index in [1.54, 1.807) is 13.1 Å². The number of hydrogen-bond donors (Lipinski definition) is 0. The van der Waals surface area contributed by atoms with Crippen LogP contribution < -0.4 is 15.0 Å². The minimum absolute atomic E-state index is 0.287. The van der Waals surface area contributed by atoms with Gasteiger partial charge in [-0.2, -0.15) is 9.78 Å². The Labute approximate surface area is 157 Å². The van der Waals surface area contributed by atoms with E-state index < -0.39 is 0 Å². The standard InChI is InChI=1S/C18H24N4O3S/c1-5-7-10-25-15-9-8-14(11-16(15)24-6-2)12-19-22-17(23)13(3)20-21-18(22)26-4/h8-9,11-12H,5-7,10H2,1-4H3/b19-12-. The maximum atomic E-state index is 12.2. The van der Waals surface area contributed by atoms with Crippen molar-refractivity contribution in [3.63, 3.8) is 0 Å². The third-order valence-corrected chi connectivity index (χ3v) is 4.12. The van der Waals surface area contributed by atoms with E-state index in [1.165, 1.54) is 16.4 Å². The number of aromatic nitrogens is 3. The fourth-order valence-electron chi connectivity index (χ4n) is 2.12. The van der Waals surface area contributed by atoms with Gasteiger partial charge in [-0.05, 0) is 50.3 Å². The number of aryl methyl sites for hydroxylation is 1. The number of rotatable bonds is 9. The van der Waals surface area contributed by atoms with Gasteiger partial charge < -0.3 is 9.47 Å². The zero-order valence-electron chi connectivity index (χ0n) is 15.6. The Bertz CT molecular complexity index is 821. The molecule has 1 aromatic heterocycles. The first-order valence-electron chi connectivity index (χ1n) is 8.55. The molecule has 2 rings (SSSR count). The molecule has 0 aliphatic heterocycles. The molecular weight excluding hydrogens is 352 g/mol. The summed E-state index contributed by atoms with van der Waals surface area (Å²) in [5, 5.41) is 12.5. The highest BCUT2D eigenvalue weighted by molar-refractivity contribution is 7.98. The molecule has 0 atom stereocenters. The molecule has 0 saturated heterocycles. The molecule has 8 heteroatoms. The van der Waals surface area contributed by atoms with Gasteiger partial charge in [-0.25, -0.2) is 0 Å². The fourth-order valence-corrected chi connectivity index (χ4v) is 2.54. The summed E-state index contributed by atoms with van der Waals surface area (Å²) >= 11 is 1.31. The van der Waals surface area contributed by atoms with Gasteiger partial charge in [0.15, 0.2) is 11.5 Å². The average Bonchev–Trinajstić information content (AvgIpc) is 2.65. The van der Waals surface area contributed by atoms with E-state index in [1.807, 2.05) is 31.4 Å². The molecule has 2 aromatic rings. The van der Waals surface area contributed by atoms with Crippen LogP contribution in [0.3, 0.4) is 0 Å². The van der Waals surface area contributed by atoms with Crippen LogP contribution in [0.5, 0.6) is 11.5 Å². The average molecular weight is 376 g/mol. The monoisotopic (exact) mass is 376 g/mol. The number of hydrogen-bond acceptors (Lipinski definition) is 7. The molecule has 0 N–H and O–H groups in total. The molecule has 0 unspecified atom stereocenters. The molecule has 0 bridgehead atoms. The lowest BCUT2D eigenvalue weighted by Crippen LogP contribution is -2.23. The van der Waals surface area contributed by atoms with Crippen LogP contribution in [-0.2, 0) is 0 Å². The lowest BCUT2D eigenvalue weighted by molar-refractivity contribution is 0.272. The summed E-state index contributed by atoms with van der Waals surface area (Å²) in [6.07, 6.45) is 5.48. The first-order chi connectivity index (χ1) is 12.6. The van der Waals surface area contributed by atoms with Crippen molar-refractivity contribution in [3.8, 4) is 11.5 Å². The molecular formula is C18H24N4O3S. The third-order valence-electron chi connectivity index (χ3n) is 3.50. The van der Waals surface area contributed by atoms with Crippen LogP contribution in [0.15, 0.2) is 33.3 Å². The van der Waals surface area contributed by atoms with Crippen LogP contribution in [0.1, 0.15) is 37.9 Å². The quantitative estimate of drug-likeness (QED) is 0.380. The van der Waals surface area contributed by atoms with Gasteiger partial charge in [-0.1, -0.05) is 25.1 Å². The number of benzene rings is 1. The van der Waals surface area contributed by atoms with E-state index in [9.17, 15) is 4.79 Å². The van der Waals surface area contributed by atoms with Gasteiger partial charge in [0, 0.05) is 0 Å². The van der Waals surface area contributed by atoms with Crippen molar-refractivity contribution in [1.29, 1.82) is 0 Å². The summed E-state index contributed by atoms with van der Waals surface area (Å²) in [5.41, 5.74) is 0.810. The highest BCUT2D eigenvalue weighted by Gasteiger charge is 2.08. The second-order valence-corrected chi connectivity index (χ2v) is 6.25. The highest BCUT2D eigenvalue weighted by Crippen LogP contribution is 2.28. The summed E-state index contributed by atoms with van der Waals surface area (Å²) in [4.78, 5) is 12.2. The van der Waals surface area contributed by atoms with E-state index >= 15 is 0 Å². The molecule has 0 amide bonds. The topological polar surface area (TPSA) is 78.6 Å². The fraction of sp³-hybridized carbons (Fsp3) is 0.444. The van der Waals surface area contributed by atoms with Crippen molar-refractivity contribution in [3.05, 3.63) is 39.8 Å². The van der Waals surface area contributed by atoms with Crippen LogP contribution in [0.2, 0.25) is 0 Å². The SMILES string of the molecule is CCCCOc1ccc(/C=N\n2c(SC)nnc(C)c2=O)cc1OCC. The van der Waals surface area contributed by atoms with Gasteiger partial charge >= 0.3 is 0 Å². The number of thioether (sulfide) groups is 1. The summed E-state index contributed by atoms with van der Waals surface area (Å²) in [6.45, 7) is 6.84. The second-order valence-electron chi connectivity index (χ2n) is 5.47. The van der Waals surface area contributed by atoms with Crippen molar-refractivity contribution in [2.75, 3.05) is 19.5 Å². The van der Waals surface area contributed by atoms with E-state index in [2.05, 4.69) is 22.2 Å². The second kappa shape index (κ2) is 9.96. The lowest BCUT2D eigenvalue weighted by Gasteiger charge is -2.12. The van der Waals surface area contributed by atoms with E-state index in [0.29, 0.717) is 35.6 Å². The maximum Gasteiger partial charge on any atom is 0.296 e. The Hall–Kier alpha value is -2.35. The molecule has 140 valence electrons. The van der Waals surface area contributed by atoms with Gasteiger partial charge in [0.1, 0.15) is 5.69 Å². The molecule has 0 aliphatic rings. The Morgan fingerprint density at radius 1 is 1.23 bits per heavy atom. The van der Waals surface area contributed by atoms with Crippen molar-refractivity contribution in [2.45, 2.75) is 38.8 Å². The van der Waals surface area contributed by atoms with Crippen LogP contribution >= 0.6 is 11.8 Å². The van der Waals surface area contributed by atoms with Crippen LogP contribution in [0.4, 0.5) is 0 Å². The summed E-state index contributed by atoms with van der Waals surface area (Å²) in [6, 6.07) is 5.58. The predicted molar refractivity (Wildman–Crippen MR) is 104 cm³/mol. The van der Waals surface area contributed by atoms with E-state index in [0.717, 1.165) is 18.4 Å². The highest BCUT2D eigenvalue weighted by atomic mass is 32.2. The molecule has 0 radical (unpaired) electrons. The molecule has 1 aromatic carbocycles. The van der Waals surface area contributed by atoms with Crippen molar-refractivity contribution >= 4 is 18.0 Å². The first-order valence-corrected chi connectivity index (χ1v) is 9.77. The minimum Gasteiger partial charge on any atom is -0.490 e. The third kappa shape index (κ3) is 5.08. The van der Waals surface area contributed by atoms with Crippen molar-refractivity contribution in [2.24, 2.45) is 5.10 Å². The molecule has 7 nitrogen and oxygen atoms in total. The van der Waals surface area contributed by atoms with Crippen molar-refractivity contribution in [1.82, 2.24) is 14.9 Å². The zero-order chi connectivity index (χ0) is 18.9. The molecule has 0 fully saturated rings. The van der Waals surface area contributed by atoms with E-state index in [-0.39, 0.29) is 5.56 Å². The largest absolute Gasteiger partial charge is 0.490 e. The Morgan fingerprint density at radius 3 is 2.73 bits per heavy atom. The molecule has 0 spiro atoms. The van der Waals surface area contributed by atoms with E-state index in [4.69, 9.17) is 9.47 Å². The van der Waals surface area contributed by atoms with Gasteiger partial charge in [-0.3, -0.25) is 4.79 Å². The summed E-state index contributed by atoms with van der Waals surface area (Å²) in [7, 11) is 0. The van der Waals surface area contributed by atoms with Gasteiger partial charge in [0.05, 0.1) is 19.4 Å². The van der Waals surface area contributed by atoms with Crippen LogP contribution in [0, 0.1) is 6.92 Å². The smallest absolute Gasteiger partial charge is 0.296 e. The van der Waals surface area contributed by atoms with Crippen LogP contribution in [0.25, 0.3) is 0 Å². The number of unbranched alkanes of at least 4 members (excludes halogenated alkanes) is 1. The zero-order valence-corrected chi connectivity index (χ0v) is 16.4. The minimum atomic E-state index is -0.287. The predicted octanol–water partition coefficient (Wildman–Crippen LogP) is 3.13. The summed E-state index contributed by atoms with van der Waals surface area (Å²) < 4.78 is 12.7. The Morgan fingerprint density at radius 2 is 2.04 bits per heavy atom. The van der Waals surface area contributed by atoms with Gasteiger partial charge in [0.2, 0.25) is 5.16 Å². The molecule has 26 heavy (non-hydrogen) atoms. The van der Waals surface area contributed by atoms with Gasteiger partial charge in [0.25, 0.3) is 5.56 Å².